The molecule has 0 radical (unpaired) electrons. The predicted octanol–water partition coefficient (Wildman–Crippen LogP) is 0.820. The van der Waals surface area contributed by atoms with Crippen molar-refractivity contribution in [2.75, 3.05) is 39.9 Å². The molecule has 2 fully saturated rings. The first-order valence-electron chi connectivity index (χ1n) is 8.61. The number of imidazole rings is 1. The summed E-state index contributed by atoms with van der Waals surface area (Å²) in [5.41, 5.74) is 2.09. The van der Waals surface area contributed by atoms with Crippen LogP contribution in [0.2, 0.25) is 0 Å². The van der Waals surface area contributed by atoms with Crippen molar-refractivity contribution in [3.8, 4) is 0 Å². The van der Waals surface area contributed by atoms with Gasteiger partial charge in [-0.3, -0.25) is 14.0 Å². The van der Waals surface area contributed by atoms with Crippen molar-refractivity contribution >= 4 is 17.5 Å². The summed E-state index contributed by atoms with van der Waals surface area (Å²) in [4.78, 5) is 33.7. The van der Waals surface area contributed by atoms with Crippen LogP contribution in [0.5, 0.6) is 0 Å². The van der Waals surface area contributed by atoms with Crippen LogP contribution in [0.15, 0.2) is 24.4 Å². The van der Waals surface area contributed by atoms with E-state index < -0.39 is 0 Å². The van der Waals surface area contributed by atoms with Gasteiger partial charge in [0.15, 0.2) is 0 Å². The molecule has 25 heavy (non-hydrogen) atoms. The van der Waals surface area contributed by atoms with Crippen molar-refractivity contribution in [1.82, 2.24) is 19.2 Å². The second-order valence-electron chi connectivity index (χ2n) is 6.83. The van der Waals surface area contributed by atoms with Gasteiger partial charge in [-0.15, -0.1) is 0 Å². The Morgan fingerprint density at radius 1 is 1.32 bits per heavy atom. The Bertz CT molecular complexity index is 831. The Morgan fingerprint density at radius 3 is 2.92 bits per heavy atom. The number of aromatic nitrogens is 2. The topological polar surface area (TPSA) is 67.2 Å². The number of hydrogen-bond acceptors (Lipinski definition) is 4. The van der Waals surface area contributed by atoms with Crippen LogP contribution in [0, 0.1) is 18.8 Å². The van der Waals surface area contributed by atoms with E-state index in [1.54, 1.807) is 7.11 Å². The van der Waals surface area contributed by atoms with Crippen LogP contribution in [0.1, 0.15) is 16.2 Å². The average Bonchev–Trinajstić information content (AvgIpc) is 3.24. The van der Waals surface area contributed by atoms with Crippen molar-refractivity contribution in [3.05, 3.63) is 35.8 Å². The predicted molar refractivity (Wildman–Crippen MR) is 91.3 cm³/mol. The lowest BCUT2D eigenvalue weighted by Gasteiger charge is -2.21. The Balaban J connectivity index is 1.52. The van der Waals surface area contributed by atoms with Crippen LogP contribution in [0.25, 0.3) is 5.65 Å². The molecule has 0 aromatic carbocycles. The van der Waals surface area contributed by atoms with Gasteiger partial charge in [0.1, 0.15) is 11.3 Å². The molecular weight excluding hydrogens is 320 g/mol. The average molecular weight is 342 g/mol. The van der Waals surface area contributed by atoms with Gasteiger partial charge in [0.25, 0.3) is 5.91 Å². The van der Waals surface area contributed by atoms with Gasteiger partial charge in [-0.1, -0.05) is 6.07 Å². The number of carbonyl (C=O) groups is 2. The third-order valence-corrected chi connectivity index (χ3v) is 5.28. The monoisotopic (exact) mass is 342 g/mol. The van der Waals surface area contributed by atoms with E-state index in [-0.39, 0.29) is 23.7 Å². The van der Waals surface area contributed by atoms with Crippen LogP contribution in [0.3, 0.4) is 0 Å². The second kappa shape index (κ2) is 6.15. The van der Waals surface area contributed by atoms with E-state index in [2.05, 4.69) is 4.98 Å². The molecule has 0 aliphatic carbocycles. The molecule has 0 N–H and O–H groups in total. The van der Waals surface area contributed by atoms with Crippen LogP contribution in [-0.2, 0) is 9.53 Å². The first-order valence-corrected chi connectivity index (χ1v) is 8.61. The number of amides is 2. The zero-order valence-corrected chi connectivity index (χ0v) is 14.5. The molecule has 2 aliphatic heterocycles. The Morgan fingerprint density at radius 2 is 2.16 bits per heavy atom. The highest BCUT2D eigenvalue weighted by Crippen LogP contribution is 2.33. The van der Waals surface area contributed by atoms with E-state index >= 15 is 0 Å². The molecule has 2 amide bonds. The highest BCUT2D eigenvalue weighted by Gasteiger charge is 2.47. The number of pyridine rings is 1. The standard InChI is InChI=1S/C18H22N4O3/c1-12-16(22-6-4-3-5-15(22)19-12)18(24)21-10-13-9-20(7-8-25-2)17(23)14(13)11-21/h3-6,13-14H,7-11H2,1-2H3/t13-,14+/m1/s1. The number of rotatable bonds is 4. The lowest BCUT2D eigenvalue weighted by Crippen LogP contribution is -2.37. The number of likely N-dealkylation sites (tertiary alicyclic amines) is 2. The van der Waals surface area contributed by atoms with Crippen molar-refractivity contribution in [1.29, 1.82) is 0 Å². The molecule has 2 aromatic heterocycles. The van der Waals surface area contributed by atoms with E-state index in [0.717, 1.165) is 11.3 Å². The molecule has 7 nitrogen and oxygen atoms in total. The normalized spacial score (nSPS) is 22.9. The smallest absolute Gasteiger partial charge is 0.272 e. The van der Waals surface area contributed by atoms with Gasteiger partial charge in [0.05, 0.1) is 18.2 Å². The van der Waals surface area contributed by atoms with Gasteiger partial charge >= 0.3 is 0 Å². The fraction of sp³-hybridized carbons (Fsp3) is 0.500. The van der Waals surface area contributed by atoms with E-state index in [1.165, 1.54) is 0 Å². The largest absolute Gasteiger partial charge is 0.383 e. The maximum absolute atomic E-state index is 13.1. The number of nitrogens with zero attached hydrogens (tertiary/aromatic N) is 4. The number of hydrogen-bond donors (Lipinski definition) is 0. The third-order valence-electron chi connectivity index (χ3n) is 5.28. The maximum Gasteiger partial charge on any atom is 0.272 e. The second-order valence-corrected chi connectivity index (χ2v) is 6.83. The number of methoxy groups -OCH3 is 1. The van der Waals surface area contributed by atoms with Crippen molar-refractivity contribution in [2.45, 2.75) is 6.92 Å². The van der Waals surface area contributed by atoms with Gasteiger partial charge in [0.2, 0.25) is 5.91 Å². The van der Waals surface area contributed by atoms with Crippen molar-refractivity contribution < 1.29 is 14.3 Å². The molecule has 7 heteroatoms. The molecule has 0 unspecified atom stereocenters. The summed E-state index contributed by atoms with van der Waals surface area (Å²) in [6, 6.07) is 5.68. The first kappa shape index (κ1) is 16.1. The quantitative estimate of drug-likeness (QED) is 0.825. The van der Waals surface area contributed by atoms with Gasteiger partial charge in [-0.05, 0) is 19.1 Å². The Kier molecular flexibility index (Phi) is 3.95. The lowest BCUT2D eigenvalue weighted by atomic mass is 10.0. The number of fused-ring (bicyclic) bond motifs is 2. The summed E-state index contributed by atoms with van der Waals surface area (Å²) in [5.74, 6) is 0.238. The zero-order chi connectivity index (χ0) is 17.6. The third kappa shape index (κ3) is 2.59. The molecule has 0 saturated carbocycles. The molecule has 0 bridgehead atoms. The minimum Gasteiger partial charge on any atom is -0.383 e. The SMILES string of the molecule is COCCN1C[C@@H]2CN(C(=O)c3c(C)nc4ccccn34)C[C@@H]2C1=O. The summed E-state index contributed by atoms with van der Waals surface area (Å²) in [6.45, 7) is 4.86. The molecule has 0 spiro atoms. The minimum atomic E-state index is -0.0831. The van der Waals surface area contributed by atoms with Crippen molar-refractivity contribution in [3.63, 3.8) is 0 Å². The maximum atomic E-state index is 13.1. The van der Waals surface area contributed by atoms with Crippen LogP contribution < -0.4 is 0 Å². The molecule has 2 aromatic rings. The van der Waals surface area contributed by atoms with Crippen LogP contribution in [0.4, 0.5) is 0 Å². The molecule has 132 valence electrons. The summed E-state index contributed by atoms with van der Waals surface area (Å²) in [7, 11) is 1.64. The summed E-state index contributed by atoms with van der Waals surface area (Å²) in [5, 5.41) is 0. The highest BCUT2D eigenvalue weighted by atomic mass is 16.5. The Labute approximate surface area is 146 Å². The summed E-state index contributed by atoms with van der Waals surface area (Å²) in [6.07, 6.45) is 1.86. The molecule has 2 atom stereocenters. The number of aryl methyl sites for hydroxylation is 1. The van der Waals surface area contributed by atoms with Gasteiger partial charge in [-0.2, -0.15) is 0 Å². The van der Waals surface area contributed by atoms with E-state index in [9.17, 15) is 9.59 Å². The zero-order valence-electron chi connectivity index (χ0n) is 14.5. The minimum absolute atomic E-state index is 0.0400. The van der Waals surface area contributed by atoms with E-state index in [0.29, 0.717) is 38.5 Å². The molecule has 4 heterocycles. The Hall–Kier alpha value is -2.41. The van der Waals surface area contributed by atoms with E-state index in [4.69, 9.17) is 4.74 Å². The molecular formula is C18H22N4O3. The van der Waals surface area contributed by atoms with Crippen molar-refractivity contribution in [2.24, 2.45) is 11.8 Å². The molecule has 2 aliphatic rings. The number of carbonyl (C=O) groups excluding carboxylic acids is 2. The molecule has 2 saturated heterocycles. The summed E-state index contributed by atoms with van der Waals surface area (Å²) >= 11 is 0. The first-order chi connectivity index (χ1) is 12.1. The van der Waals surface area contributed by atoms with Gasteiger partial charge in [0, 0.05) is 45.4 Å². The number of ether oxygens (including phenoxy) is 1. The van der Waals surface area contributed by atoms with Gasteiger partial charge in [-0.25, -0.2) is 4.98 Å². The van der Waals surface area contributed by atoms with E-state index in [1.807, 2.05) is 45.5 Å². The van der Waals surface area contributed by atoms with Crippen LogP contribution >= 0.6 is 0 Å². The highest BCUT2D eigenvalue weighted by molar-refractivity contribution is 5.95. The van der Waals surface area contributed by atoms with Gasteiger partial charge < -0.3 is 14.5 Å². The lowest BCUT2D eigenvalue weighted by molar-refractivity contribution is -0.131. The molecule has 4 rings (SSSR count). The fourth-order valence-corrected chi connectivity index (χ4v) is 4.03. The summed E-state index contributed by atoms with van der Waals surface area (Å²) < 4.78 is 6.90. The van der Waals surface area contributed by atoms with Crippen LogP contribution in [-0.4, -0.2) is 70.9 Å². The fourth-order valence-electron chi connectivity index (χ4n) is 4.03.